The largest absolute Gasteiger partial charge is 1.00 e. The number of aliphatic carboxylic acids is 1. The molecule has 0 aliphatic carbocycles. The van der Waals surface area contributed by atoms with Gasteiger partial charge < -0.3 is 9.90 Å². The molecule has 0 bridgehead atoms. The van der Waals surface area contributed by atoms with Crippen molar-refractivity contribution in [1.82, 2.24) is 14.9 Å². The molecule has 37 heavy (non-hydrogen) atoms. The van der Waals surface area contributed by atoms with Crippen molar-refractivity contribution in [1.29, 1.82) is 0 Å². The molecule has 1 aromatic carbocycles. The first-order valence-electron chi connectivity index (χ1n) is 11.8. The number of alkyl halides is 6. The number of rotatable bonds is 8. The number of carbonyl (C=O) groups excluding carboxylic acids is 1. The molecule has 12 heteroatoms. The topological polar surface area (TPSA) is 69.2 Å². The van der Waals surface area contributed by atoms with Crippen molar-refractivity contribution in [2.24, 2.45) is 11.8 Å². The number of hydrogen-bond donors (Lipinski definition) is 0. The minimum atomic E-state index is -4.68. The number of carboxylic acid groups (broad SMARTS) is 1. The molecule has 2 aromatic rings. The van der Waals surface area contributed by atoms with E-state index in [1.165, 1.54) is 12.1 Å². The van der Waals surface area contributed by atoms with Crippen LogP contribution in [0.1, 0.15) is 80.6 Å². The van der Waals surface area contributed by atoms with Crippen LogP contribution in [0.3, 0.4) is 0 Å². The summed E-state index contributed by atoms with van der Waals surface area (Å²) in [5.41, 5.74) is 0.250. The number of benzene rings is 1. The van der Waals surface area contributed by atoms with Gasteiger partial charge in [-0.1, -0.05) is 26.0 Å². The van der Waals surface area contributed by atoms with Crippen LogP contribution in [0, 0.1) is 11.8 Å². The standard InChI is InChI=1S/C25H29F6N3O2.Na/c1-15(2)3-8-20(18-13-32-23(33-14-18)25(29,30)31)34-10-9-16(12-22(35)36)11-21(34)17-4-6-19(7-5-17)24(26,27)28;/h4-7,13-16,20-21H,3,8-12H2,1-2H3,(H,35,36);/q;+1/p-1/t16-,20-,21+;/m1./s1. The Kier molecular flexibility index (Phi) is 11.0. The van der Waals surface area contributed by atoms with Crippen molar-refractivity contribution < 1.29 is 65.8 Å². The molecule has 0 radical (unpaired) electrons. The third-order valence-electron chi connectivity index (χ3n) is 6.56. The summed E-state index contributed by atoms with van der Waals surface area (Å²) in [5.74, 6) is -2.40. The summed E-state index contributed by atoms with van der Waals surface area (Å²) in [6.07, 6.45) is -4.89. The van der Waals surface area contributed by atoms with E-state index < -0.39 is 41.8 Å². The van der Waals surface area contributed by atoms with Gasteiger partial charge in [-0.15, -0.1) is 0 Å². The van der Waals surface area contributed by atoms with Gasteiger partial charge in [0, 0.05) is 36.0 Å². The van der Waals surface area contributed by atoms with Gasteiger partial charge in [-0.05, 0) is 68.2 Å². The number of hydrogen-bond acceptors (Lipinski definition) is 5. The Balaban J connectivity index is 0.00000481. The summed E-state index contributed by atoms with van der Waals surface area (Å²) < 4.78 is 78.4. The molecule has 1 aliphatic rings. The minimum Gasteiger partial charge on any atom is -0.550 e. The van der Waals surface area contributed by atoms with Crippen LogP contribution in [-0.2, 0) is 17.1 Å². The predicted octanol–water partition coefficient (Wildman–Crippen LogP) is 2.59. The SMILES string of the molecule is CC(C)CC[C@H](c1cnc(C(F)(F)F)nc1)N1CC[C@@H](CC(=O)[O-])C[C@H]1c1ccc(C(F)(F)F)cc1.[Na+]. The molecule has 3 rings (SSSR count). The van der Waals surface area contributed by atoms with Crippen molar-refractivity contribution in [3.05, 3.63) is 59.2 Å². The summed E-state index contributed by atoms with van der Waals surface area (Å²) in [7, 11) is 0. The second-order valence-electron chi connectivity index (χ2n) is 9.66. The van der Waals surface area contributed by atoms with Crippen LogP contribution in [0.15, 0.2) is 36.7 Å². The summed E-state index contributed by atoms with van der Waals surface area (Å²) >= 11 is 0. The molecule has 1 fully saturated rings. The van der Waals surface area contributed by atoms with Crippen LogP contribution in [0.25, 0.3) is 0 Å². The zero-order chi connectivity index (χ0) is 26.7. The summed E-state index contributed by atoms with van der Waals surface area (Å²) in [6, 6.07) is 3.89. The van der Waals surface area contributed by atoms with Gasteiger partial charge in [0.15, 0.2) is 0 Å². The number of piperidine rings is 1. The normalized spacial score (nSPS) is 19.9. The van der Waals surface area contributed by atoms with Crippen LogP contribution in [0.5, 0.6) is 0 Å². The first-order valence-corrected chi connectivity index (χ1v) is 11.8. The number of nitrogens with zero attached hydrogens (tertiary/aromatic N) is 3. The molecule has 1 saturated heterocycles. The van der Waals surface area contributed by atoms with E-state index >= 15 is 0 Å². The van der Waals surface area contributed by atoms with Gasteiger partial charge >= 0.3 is 41.9 Å². The van der Waals surface area contributed by atoms with E-state index in [2.05, 4.69) is 9.97 Å². The maximum Gasteiger partial charge on any atom is 1.00 e. The second kappa shape index (κ2) is 12.9. The van der Waals surface area contributed by atoms with E-state index in [0.717, 1.165) is 30.9 Å². The van der Waals surface area contributed by atoms with Gasteiger partial charge in [0.2, 0.25) is 5.82 Å². The molecule has 0 saturated carbocycles. The molecular weight excluding hydrogens is 511 g/mol. The van der Waals surface area contributed by atoms with Gasteiger partial charge in [0.25, 0.3) is 0 Å². The first kappa shape index (κ1) is 31.5. The Morgan fingerprint density at radius 1 is 1.03 bits per heavy atom. The molecule has 0 N–H and O–H groups in total. The molecule has 2 heterocycles. The fourth-order valence-electron chi connectivity index (χ4n) is 4.74. The maximum absolute atomic E-state index is 13.1. The van der Waals surface area contributed by atoms with Crippen LogP contribution in [0.4, 0.5) is 26.3 Å². The first-order chi connectivity index (χ1) is 16.8. The molecule has 0 amide bonds. The Bertz CT molecular complexity index is 1010. The average Bonchev–Trinajstić information content (AvgIpc) is 2.78. The van der Waals surface area contributed by atoms with E-state index in [9.17, 15) is 36.2 Å². The summed E-state index contributed by atoms with van der Waals surface area (Å²) in [6.45, 7) is 4.44. The van der Waals surface area contributed by atoms with Gasteiger partial charge in [-0.2, -0.15) is 26.3 Å². The zero-order valence-corrected chi connectivity index (χ0v) is 22.9. The summed E-state index contributed by atoms with van der Waals surface area (Å²) in [4.78, 5) is 20.3. The van der Waals surface area contributed by atoms with Crippen molar-refractivity contribution in [2.75, 3.05) is 6.54 Å². The molecule has 1 aliphatic heterocycles. The third kappa shape index (κ3) is 8.66. The van der Waals surface area contributed by atoms with Gasteiger partial charge in [0.05, 0.1) is 5.56 Å². The van der Waals surface area contributed by atoms with E-state index in [4.69, 9.17) is 0 Å². The fourth-order valence-corrected chi connectivity index (χ4v) is 4.74. The van der Waals surface area contributed by atoms with Crippen LogP contribution < -0.4 is 34.7 Å². The van der Waals surface area contributed by atoms with Crippen molar-refractivity contribution in [3.63, 3.8) is 0 Å². The van der Waals surface area contributed by atoms with Gasteiger partial charge in [0.1, 0.15) is 0 Å². The average molecular weight is 539 g/mol. The van der Waals surface area contributed by atoms with Crippen LogP contribution in [0.2, 0.25) is 0 Å². The Hall–Kier alpha value is -1.69. The van der Waals surface area contributed by atoms with Crippen LogP contribution >= 0.6 is 0 Å². The molecule has 1 aromatic heterocycles. The predicted molar refractivity (Wildman–Crippen MR) is 117 cm³/mol. The molecule has 0 unspecified atom stereocenters. The number of carbonyl (C=O) groups is 1. The van der Waals surface area contributed by atoms with Gasteiger partial charge in [-0.3, -0.25) is 4.90 Å². The van der Waals surface area contributed by atoms with E-state index in [0.29, 0.717) is 42.9 Å². The van der Waals surface area contributed by atoms with Gasteiger partial charge in [-0.25, -0.2) is 9.97 Å². The summed E-state index contributed by atoms with van der Waals surface area (Å²) in [5, 5.41) is 11.2. The maximum atomic E-state index is 13.1. The quantitative estimate of drug-likeness (QED) is 0.381. The van der Waals surface area contributed by atoms with Crippen molar-refractivity contribution in [2.45, 2.75) is 70.4 Å². The van der Waals surface area contributed by atoms with Crippen LogP contribution in [-0.4, -0.2) is 27.4 Å². The number of carboxylic acids is 1. The minimum absolute atomic E-state index is 0. The molecule has 5 nitrogen and oxygen atoms in total. The van der Waals surface area contributed by atoms with E-state index in [1.807, 2.05) is 18.7 Å². The van der Waals surface area contributed by atoms with E-state index in [-0.39, 0.29) is 41.9 Å². The molecule has 0 spiro atoms. The Morgan fingerprint density at radius 2 is 1.62 bits per heavy atom. The molecule has 198 valence electrons. The van der Waals surface area contributed by atoms with E-state index in [1.54, 1.807) is 0 Å². The Labute approximate surface area is 234 Å². The zero-order valence-electron chi connectivity index (χ0n) is 20.9. The third-order valence-corrected chi connectivity index (χ3v) is 6.56. The monoisotopic (exact) mass is 539 g/mol. The smallest absolute Gasteiger partial charge is 0.550 e. The molecule has 3 atom stereocenters. The fraction of sp³-hybridized carbons (Fsp3) is 0.560. The number of aromatic nitrogens is 2. The van der Waals surface area contributed by atoms with Crippen molar-refractivity contribution >= 4 is 5.97 Å². The Morgan fingerprint density at radius 3 is 2.11 bits per heavy atom. The second-order valence-corrected chi connectivity index (χ2v) is 9.66. The molecular formula is C25H28F6N3NaO2. The number of likely N-dealkylation sites (tertiary alicyclic amines) is 1. The number of halogens is 6. The van der Waals surface area contributed by atoms with Crippen molar-refractivity contribution in [3.8, 4) is 0 Å².